The molecule has 9 unspecified atom stereocenters. The van der Waals surface area contributed by atoms with E-state index >= 15 is 0 Å². The Morgan fingerprint density at radius 2 is 1.75 bits per heavy atom. The van der Waals surface area contributed by atoms with Crippen molar-refractivity contribution < 1.29 is 46.9 Å². The molecule has 0 spiro atoms. The quantitative estimate of drug-likeness (QED) is 0.246. The van der Waals surface area contributed by atoms with E-state index in [1.165, 1.54) is 18.2 Å². The zero-order valence-corrected chi connectivity index (χ0v) is 30.3. The monoisotopic (exact) mass is 721 g/mol. The van der Waals surface area contributed by atoms with Gasteiger partial charge in [-0.2, -0.15) is 13.2 Å². The second-order valence-electron chi connectivity index (χ2n) is 14.6. The summed E-state index contributed by atoms with van der Waals surface area (Å²) in [6, 6.07) is 5.11. The summed E-state index contributed by atoms with van der Waals surface area (Å²) in [5.74, 6) is -4.50. The Hall–Kier alpha value is -4.01. The van der Waals surface area contributed by atoms with Crippen molar-refractivity contribution in [1.29, 1.82) is 0 Å². The minimum atomic E-state index is -5.02. The largest absolute Gasteiger partial charge is 0.471 e. The highest BCUT2D eigenvalue weighted by Crippen LogP contribution is 2.42. The fourth-order valence-corrected chi connectivity index (χ4v) is 7.72. The first-order valence-electron chi connectivity index (χ1n) is 17.7. The van der Waals surface area contributed by atoms with E-state index in [-0.39, 0.29) is 35.8 Å². The number of carbonyl (C=O) groups excluding carboxylic acids is 4. The number of esters is 1. The number of carbonyl (C=O) groups is 4. The van der Waals surface area contributed by atoms with Gasteiger partial charge in [0.2, 0.25) is 0 Å². The highest BCUT2D eigenvalue weighted by molar-refractivity contribution is 5.95. The van der Waals surface area contributed by atoms with Crippen LogP contribution < -0.4 is 5.32 Å². The number of alkyl halides is 3. The molecule has 2 N–H and O–H groups in total. The number of ketones is 1. The molecule has 0 radical (unpaired) electrons. The first-order valence-corrected chi connectivity index (χ1v) is 17.7. The van der Waals surface area contributed by atoms with Gasteiger partial charge in [-0.1, -0.05) is 52.0 Å². The number of ether oxygens (including phenoxy) is 2. The van der Waals surface area contributed by atoms with Gasteiger partial charge in [0.05, 0.1) is 24.3 Å². The normalized spacial score (nSPS) is 31.0. The molecule has 9 atom stereocenters. The van der Waals surface area contributed by atoms with Gasteiger partial charge < -0.3 is 24.8 Å². The fourth-order valence-electron chi connectivity index (χ4n) is 7.72. The van der Waals surface area contributed by atoms with E-state index in [4.69, 9.17) is 9.47 Å². The lowest BCUT2D eigenvalue weighted by atomic mass is 9.75. The van der Waals surface area contributed by atoms with E-state index in [1.54, 1.807) is 42.6 Å². The molecular weight excluding hydrogens is 671 g/mol. The zero-order valence-electron chi connectivity index (χ0n) is 30.3. The average Bonchev–Trinajstić information content (AvgIpc) is 3.64. The molecule has 2 saturated heterocycles. The van der Waals surface area contributed by atoms with Crippen LogP contribution in [0, 0.1) is 29.6 Å². The number of rotatable bonds is 8. The number of amides is 2. The van der Waals surface area contributed by atoms with E-state index in [2.05, 4.69) is 10.3 Å². The molecular formula is C36H50F3N5O7. The molecule has 1 aromatic heterocycles. The van der Waals surface area contributed by atoms with Crippen molar-refractivity contribution in [2.45, 2.75) is 117 Å². The van der Waals surface area contributed by atoms with Crippen molar-refractivity contribution >= 4 is 29.4 Å². The molecule has 3 heterocycles. The van der Waals surface area contributed by atoms with Crippen LogP contribution in [0.1, 0.15) is 80.6 Å². The van der Waals surface area contributed by atoms with Crippen molar-refractivity contribution in [2.24, 2.45) is 29.6 Å². The minimum absolute atomic E-state index is 0.0154. The Bertz CT molecular complexity index is 1570. The summed E-state index contributed by atoms with van der Waals surface area (Å²) in [7, 11) is 0. The van der Waals surface area contributed by atoms with Gasteiger partial charge in [-0.3, -0.25) is 19.1 Å². The summed E-state index contributed by atoms with van der Waals surface area (Å²) in [5, 5.41) is 21.1. The van der Waals surface area contributed by atoms with Crippen molar-refractivity contribution in [3.63, 3.8) is 0 Å². The standard InChI is InChI=1S/C36H50F3N5O7/c1-8-28-35(7)31(23(5)29(45)21(3)16-20(2)17-22(4)30(46)24(6)32(47)50-28)44(34(49)51-35)15-10-9-14-43-19-27(41-42-43)25-12-11-13-26(18-25)40-33(48)36(37,38)39/h11-13,18-24,28,30-31,46H,8-10,14-17H2,1-7H3,(H,40,48). The van der Waals surface area contributed by atoms with Crippen LogP contribution >= 0.6 is 0 Å². The highest BCUT2D eigenvalue weighted by atomic mass is 19.4. The zero-order chi connectivity index (χ0) is 37.8. The van der Waals surface area contributed by atoms with Gasteiger partial charge >= 0.3 is 24.1 Å². The molecule has 0 saturated carbocycles. The van der Waals surface area contributed by atoms with E-state index in [1.807, 2.05) is 33.0 Å². The van der Waals surface area contributed by atoms with Gasteiger partial charge in [-0.25, -0.2) is 4.79 Å². The lowest BCUT2D eigenvalue weighted by Crippen LogP contribution is -2.57. The Morgan fingerprint density at radius 3 is 2.41 bits per heavy atom. The number of fused-ring (bicyclic) bond motifs is 1. The van der Waals surface area contributed by atoms with Crippen LogP contribution in [-0.4, -0.2) is 85.3 Å². The number of aliphatic hydroxyl groups excluding tert-OH is 1. The Balaban J connectivity index is 1.49. The third kappa shape index (κ3) is 9.08. The number of Topliss-reactive ketones (excluding diaryl/α,β-unsaturated/α-hetero) is 1. The van der Waals surface area contributed by atoms with Gasteiger partial charge in [0.15, 0.2) is 5.60 Å². The average molecular weight is 722 g/mol. The number of unbranched alkanes of at least 4 members (excludes halogenated alkanes) is 1. The number of benzene rings is 1. The van der Waals surface area contributed by atoms with Crippen LogP contribution in [-0.2, 0) is 30.4 Å². The number of anilines is 1. The van der Waals surface area contributed by atoms with Crippen molar-refractivity contribution in [2.75, 3.05) is 11.9 Å². The fraction of sp³-hybridized carbons (Fsp3) is 0.667. The molecule has 1 aromatic carbocycles. The second kappa shape index (κ2) is 16.1. The molecule has 51 heavy (non-hydrogen) atoms. The predicted molar refractivity (Wildman–Crippen MR) is 181 cm³/mol. The van der Waals surface area contributed by atoms with Crippen molar-refractivity contribution in [3.8, 4) is 11.3 Å². The summed E-state index contributed by atoms with van der Waals surface area (Å²) >= 11 is 0. The molecule has 2 aliphatic rings. The summed E-state index contributed by atoms with van der Waals surface area (Å²) in [4.78, 5) is 53.8. The van der Waals surface area contributed by atoms with E-state index < -0.39 is 59.8 Å². The molecule has 4 rings (SSSR count). The van der Waals surface area contributed by atoms with Crippen LogP contribution in [0.15, 0.2) is 30.5 Å². The molecule has 15 heteroatoms. The van der Waals surface area contributed by atoms with Crippen molar-refractivity contribution in [3.05, 3.63) is 30.5 Å². The van der Waals surface area contributed by atoms with Crippen LogP contribution in [0.4, 0.5) is 23.7 Å². The van der Waals surface area contributed by atoms with E-state index in [0.29, 0.717) is 49.9 Å². The lowest BCUT2D eigenvalue weighted by molar-refractivity contribution is -0.174. The summed E-state index contributed by atoms with van der Waals surface area (Å²) in [6.07, 6.45) is -3.20. The molecule has 2 aromatic rings. The molecule has 12 nitrogen and oxygen atoms in total. The smallest absolute Gasteiger partial charge is 0.458 e. The topological polar surface area (TPSA) is 153 Å². The number of hydrogen-bond acceptors (Lipinski definition) is 9. The SMILES string of the molecule is CCC1OC(=O)C(C)C(O)C(C)CC(C)CC(C)C(=O)C(C)C2N(CCCCn3cc(-c4cccc(NC(=O)C(F)(F)F)c4)nn3)C(=O)OC12C. The number of aliphatic hydroxyl groups is 1. The number of aromatic nitrogens is 3. The predicted octanol–water partition coefficient (Wildman–Crippen LogP) is 6.03. The third-order valence-corrected chi connectivity index (χ3v) is 10.4. The maximum atomic E-state index is 14.0. The third-order valence-electron chi connectivity index (χ3n) is 10.4. The van der Waals surface area contributed by atoms with Crippen LogP contribution in [0.5, 0.6) is 0 Å². The van der Waals surface area contributed by atoms with Gasteiger partial charge in [0.1, 0.15) is 17.6 Å². The molecule has 2 fully saturated rings. The number of nitrogens with one attached hydrogen (secondary N) is 1. The van der Waals surface area contributed by atoms with Crippen LogP contribution in [0.25, 0.3) is 11.3 Å². The van der Waals surface area contributed by atoms with Crippen molar-refractivity contribution in [1.82, 2.24) is 19.9 Å². The Morgan fingerprint density at radius 1 is 1.06 bits per heavy atom. The van der Waals surface area contributed by atoms with Crippen LogP contribution in [0.2, 0.25) is 0 Å². The molecule has 0 bridgehead atoms. The summed E-state index contributed by atoms with van der Waals surface area (Å²) in [6.45, 7) is 13.4. The number of aryl methyl sites for hydroxylation is 1. The lowest BCUT2D eigenvalue weighted by Gasteiger charge is -2.41. The summed E-state index contributed by atoms with van der Waals surface area (Å²) in [5.41, 5.74) is -0.521. The second-order valence-corrected chi connectivity index (χ2v) is 14.6. The molecule has 2 aliphatic heterocycles. The van der Waals surface area contributed by atoms with Gasteiger partial charge in [0, 0.05) is 36.2 Å². The molecule has 282 valence electrons. The highest BCUT2D eigenvalue weighted by Gasteiger charge is 2.59. The van der Waals surface area contributed by atoms with Gasteiger partial charge in [0.25, 0.3) is 0 Å². The minimum Gasteiger partial charge on any atom is -0.458 e. The van der Waals surface area contributed by atoms with E-state index in [0.717, 1.165) is 0 Å². The maximum absolute atomic E-state index is 14.0. The Labute approximate surface area is 296 Å². The molecule has 2 amide bonds. The first-order chi connectivity index (χ1) is 23.9. The van der Waals surface area contributed by atoms with Gasteiger partial charge in [-0.05, 0) is 69.9 Å². The Kier molecular flexibility index (Phi) is 12.6. The number of hydrogen-bond donors (Lipinski definition) is 2. The van der Waals surface area contributed by atoms with Crippen LogP contribution in [0.3, 0.4) is 0 Å². The van der Waals surface area contributed by atoms with E-state index in [9.17, 15) is 37.5 Å². The maximum Gasteiger partial charge on any atom is 0.471 e. The number of halogens is 3. The molecule has 0 aliphatic carbocycles. The first kappa shape index (κ1) is 39.8. The number of cyclic esters (lactones) is 1. The van der Waals surface area contributed by atoms with Gasteiger partial charge in [-0.15, -0.1) is 5.10 Å². The number of nitrogens with zero attached hydrogens (tertiary/aromatic N) is 4. The summed E-state index contributed by atoms with van der Waals surface area (Å²) < 4.78 is 51.7.